The van der Waals surface area contributed by atoms with Gasteiger partial charge < -0.3 is 15.4 Å². The molecule has 0 aromatic heterocycles. The number of hydrogen-bond acceptors (Lipinski definition) is 3. The summed E-state index contributed by atoms with van der Waals surface area (Å²) < 4.78 is 5.86. The Morgan fingerprint density at radius 2 is 2.00 bits per heavy atom. The third-order valence-electron chi connectivity index (χ3n) is 2.52. The number of rotatable bonds is 8. The fourth-order valence-electron chi connectivity index (χ4n) is 1.51. The fourth-order valence-corrected chi connectivity index (χ4v) is 1.97. The van der Waals surface area contributed by atoms with E-state index in [9.17, 15) is 9.59 Å². The Labute approximate surface area is 127 Å². The fraction of sp³-hybridized carbons (Fsp3) is 0.429. The van der Waals surface area contributed by atoms with Crippen molar-refractivity contribution in [3.8, 4) is 0 Å². The Bertz CT molecular complexity index is 452. The first-order chi connectivity index (χ1) is 9.65. The largest absolute Gasteiger partial charge is 0.382 e. The average molecular weight is 343 g/mol. The summed E-state index contributed by atoms with van der Waals surface area (Å²) in [6.07, 6.45) is 0.762. The van der Waals surface area contributed by atoms with E-state index in [1.54, 1.807) is 18.2 Å². The smallest absolute Gasteiger partial charge is 0.252 e. The highest BCUT2D eigenvalue weighted by molar-refractivity contribution is 9.10. The summed E-state index contributed by atoms with van der Waals surface area (Å²) in [7, 11) is 0. The maximum absolute atomic E-state index is 11.8. The van der Waals surface area contributed by atoms with Crippen LogP contribution in [0.3, 0.4) is 0 Å². The van der Waals surface area contributed by atoms with Crippen LogP contribution in [-0.4, -0.2) is 38.1 Å². The van der Waals surface area contributed by atoms with Gasteiger partial charge in [0.1, 0.15) is 0 Å². The minimum absolute atomic E-state index is 0.0329. The monoisotopic (exact) mass is 342 g/mol. The molecule has 0 radical (unpaired) electrons. The van der Waals surface area contributed by atoms with Gasteiger partial charge in [-0.2, -0.15) is 0 Å². The maximum atomic E-state index is 11.8. The minimum atomic E-state index is -0.276. The Kier molecular flexibility index (Phi) is 7.91. The summed E-state index contributed by atoms with van der Waals surface area (Å²) in [5.41, 5.74) is 0.511. The minimum Gasteiger partial charge on any atom is -0.382 e. The molecule has 0 atom stereocenters. The SMILES string of the molecule is CCOCCCNC(=O)CNC(=O)c1ccccc1Br. The van der Waals surface area contributed by atoms with Crippen molar-refractivity contribution in [2.75, 3.05) is 26.3 Å². The van der Waals surface area contributed by atoms with Crippen molar-refractivity contribution >= 4 is 27.7 Å². The first-order valence-corrected chi connectivity index (χ1v) is 7.31. The summed E-state index contributed by atoms with van der Waals surface area (Å²) in [5.74, 6) is -0.483. The predicted octanol–water partition coefficient (Wildman–Crippen LogP) is 1.72. The second-order valence-corrected chi connectivity index (χ2v) is 4.92. The van der Waals surface area contributed by atoms with Crippen molar-refractivity contribution in [1.29, 1.82) is 0 Å². The van der Waals surface area contributed by atoms with Crippen molar-refractivity contribution in [1.82, 2.24) is 10.6 Å². The summed E-state index contributed by atoms with van der Waals surface area (Å²) in [4.78, 5) is 23.4. The molecule has 0 aliphatic heterocycles. The van der Waals surface area contributed by atoms with Gasteiger partial charge in [-0.3, -0.25) is 9.59 Å². The van der Waals surface area contributed by atoms with Crippen LogP contribution in [0.4, 0.5) is 0 Å². The van der Waals surface area contributed by atoms with Gasteiger partial charge >= 0.3 is 0 Å². The number of carbonyl (C=O) groups excluding carboxylic acids is 2. The standard InChI is InChI=1S/C14H19BrN2O3/c1-2-20-9-5-8-16-13(18)10-17-14(19)11-6-3-4-7-12(11)15/h3-4,6-7H,2,5,8-10H2,1H3,(H,16,18)(H,17,19). The second kappa shape index (κ2) is 9.50. The van der Waals surface area contributed by atoms with Crippen molar-refractivity contribution in [3.63, 3.8) is 0 Å². The van der Waals surface area contributed by atoms with Crippen LogP contribution >= 0.6 is 15.9 Å². The molecule has 0 bridgehead atoms. The molecule has 1 aromatic rings. The van der Waals surface area contributed by atoms with Crippen molar-refractivity contribution < 1.29 is 14.3 Å². The van der Waals surface area contributed by atoms with Gasteiger partial charge in [-0.05, 0) is 41.4 Å². The molecule has 1 rings (SSSR count). The van der Waals surface area contributed by atoms with Crippen LogP contribution in [-0.2, 0) is 9.53 Å². The Balaban J connectivity index is 2.24. The third kappa shape index (κ3) is 6.16. The Morgan fingerprint density at radius 3 is 2.70 bits per heavy atom. The number of nitrogens with one attached hydrogen (secondary N) is 2. The molecule has 0 unspecified atom stereocenters. The van der Waals surface area contributed by atoms with Gasteiger partial charge in [0.25, 0.3) is 5.91 Å². The molecule has 2 N–H and O–H groups in total. The van der Waals surface area contributed by atoms with Crippen LogP contribution < -0.4 is 10.6 Å². The molecule has 2 amide bonds. The Morgan fingerprint density at radius 1 is 1.25 bits per heavy atom. The molecule has 0 fully saturated rings. The first-order valence-electron chi connectivity index (χ1n) is 6.52. The first kappa shape index (κ1) is 16.7. The van der Waals surface area contributed by atoms with E-state index in [1.807, 2.05) is 13.0 Å². The molecule has 5 nitrogen and oxygen atoms in total. The number of amides is 2. The van der Waals surface area contributed by atoms with Crippen LogP contribution in [0.15, 0.2) is 28.7 Å². The van der Waals surface area contributed by atoms with E-state index in [-0.39, 0.29) is 18.4 Å². The lowest BCUT2D eigenvalue weighted by atomic mass is 10.2. The Hall–Kier alpha value is -1.40. The van der Waals surface area contributed by atoms with E-state index < -0.39 is 0 Å². The van der Waals surface area contributed by atoms with Gasteiger partial charge in [-0.25, -0.2) is 0 Å². The van der Waals surface area contributed by atoms with Crippen molar-refractivity contribution in [3.05, 3.63) is 34.3 Å². The van der Waals surface area contributed by atoms with Gasteiger partial charge in [0, 0.05) is 24.2 Å². The topological polar surface area (TPSA) is 67.4 Å². The lowest BCUT2D eigenvalue weighted by Gasteiger charge is -2.08. The van der Waals surface area contributed by atoms with E-state index in [2.05, 4.69) is 26.6 Å². The van der Waals surface area contributed by atoms with Crippen LogP contribution in [0, 0.1) is 0 Å². The summed E-state index contributed by atoms with van der Waals surface area (Å²) in [6.45, 7) is 3.74. The highest BCUT2D eigenvalue weighted by atomic mass is 79.9. The van der Waals surface area contributed by atoms with Crippen molar-refractivity contribution in [2.24, 2.45) is 0 Å². The molecule has 0 saturated carbocycles. The second-order valence-electron chi connectivity index (χ2n) is 4.06. The zero-order valence-electron chi connectivity index (χ0n) is 11.4. The molecular formula is C14H19BrN2O3. The summed E-state index contributed by atoms with van der Waals surface area (Å²) in [5, 5.41) is 5.30. The molecule has 0 aliphatic carbocycles. The number of ether oxygens (including phenoxy) is 1. The van der Waals surface area contributed by atoms with Crippen LogP contribution in [0.2, 0.25) is 0 Å². The molecule has 20 heavy (non-hydrogen) atoms. The van der Waals surface area contributed by atoms with Gasteiger partial charge in [0.2, 0.25) is 5.91 Å². The molecule has 1 aromatic carbocycles. The molecule has 0 aliphatic rings. The molecule has 110 valence electrons. The highest BCUT2D eigenvalue weighted by Crippen LogP contribution is 2.15. The van der Waals surface area contributed by atoms with Gasteiger partial charge in [0.15, 0.2) is 0 Å². The lowest BCUT2D eigenvalue weighted by molar-refractivity contribution is -0.120. The quantitative estimate of drug-likeness (QED) is 0.707. The van der Waals surface area contributed by atoms with E-state index in [4.69, 9.17) is 4.74 Å². The number of hydrogen-bond donors (Lipinski definition) is 2. The molecule has 0 saturated heterocycles. The van der Waals surface area contributed by atoms with Gasteiger partial charge in [-0.1, -0.05) is 12.1 Å². The maximum Gasteiger partial charge on any atom is 0.252 e. The summed E-state index contributed by atoms with van der Waals surface area (Å²) in [6, 6.07) is 7.07. The predicted molar refractivity (Wildman–Crippen MR) is 80.6 cm³/mol. The van der Waals surface area contributed by atoms with E-state index in [0.29, 0.717) is 29.8 Å². The number of benzene rings is 1. The zero-order valence-corrected chi connectivity index (χ0v) is 13.0. The zero-order chi connectivity index (χ0) is 14.8. The summed E-state index contributed by atoms with van der Waals surface area (Å²) >= 11 is 3.29. The van der Waals surface area contributed by atoms with E-state index in [1.165, 1.54) is 0 Å². The van der Waals surface area contributed by atoms with E-state index in [0.717, 1.165) is 6.42 Å². The molecule has 6 heteroatoms. The normalized spacial score (nSPS) is 10.1. The lowest BCUT2D eigenvalue weighted by Crippen LogP contribution is -2.37. The third-order valence-corrected chi connectivity index (χ3v) is 3.21. The highest BCUT2D eigenvalue weighted by Gasteiger charge is 2.10. The van der Waals surface area contributed by atoms with Gasteiger partial charge in [0.05, 0.1) is 12.1 Å². The molecule has 0 heterocycles. The van der Waals surface area contributed by atoms with Gasteiger partial charge in [-0.15, -0.1) is 0 Å². The number of halogens is 1. The van der Waals surface area contributed by atoms with Crippen LogP contribution in [0.25, 0.3) is 0 Å². The van der Waals surface area contributed by atoms with Crippen molar-refractivity contribution in [2.45, 2.75) is 13.3 Å². The average Bonchev–Trinajstić information content (AvgIpc) is 2.45. The number of carbonyl (C=O) groups is 2. The van der Waals surface area contributed by atoms with Crippen LogP contribution in [0.5, 0.6) is 0 Å². The van der Waals surface area contributed by atoms with E-state index >= 15 is 0 Å². The molecule has 0 spiro atoms. The van der Waals surface area contributed by atoms with Crippen LogP contribution in [0.1, 0.15) is 23.7 Å². The molecular weight excluding hydrogens is 324 g/mol.